The van der Waals surface area contributed by atoms with E-state index < -0.39 is 28.2 Å². The predicted octanol–water partition coefficient (Wildman–Crippen LogP) is 21.7. The molecule has 15 aliphatic rings. The van der Waals surface area contributed by atoms with Gasteiger partial charge in [-0.05, 0) is 356 Å². The monoisotopic (exact) mass is 1730 g/mol. The first-order valence-corrected chi connectivity index (χ1v) is 47.9. The van der Waals surface area contributed by atoms with Gasteiger partial charge in [-0.25, -0.2) is 0 Å². The van der Waals surface area contributed by atoms with Gasteiger partial charge in [0.15, 0.2) is 0 Å². The Hall–Kier alpha value is -5.36. The van der Waals surface area contributed by atoms with Crippen molar-refractivity contribution in [3.05, 3.63) is 36.5 Å². The van der Waals surface area contributed by atoms with Crippen molar-refractivity contribution in [1.82, 2.24) is 0 Å². The zero-order valence-electron chi connectivity index (χ0n) is 79.4. The number of Topliss-reactive ketones (excluding diaryl/α,β-unsaturated/α-hetero) is 3. The third kappa shape index (κ3) is 16.0. The van der Waals surface area contributed by atoms with E-state index in [1.54, 1.807) is 6.92 Å². The van der Waals surface area contributed by atoms with Crippen LogP contribution in [0.5, 0.6) is 0 Å². The summed E-state index contributed by atoms with van der Waals surface area (Å²) in [6.07, 6.45) is 31.4. The number of ketones is 3. The van der Waals surface area contributed by atoms with Gasteiger partial charge in [0.25, 0.3) is 0 Å². The van der Waals surface area contributed by atoms with Crippen LogP contribution >= 0.6 is 0 Å². The van der Waals surface area contributed by atoms with Crippen LogP contribution in [0.4, 0.5) is 0 Å². The molecule has 15 aliphatic carbocycles. The molecule has 124 heavy (non-hydrogen) atoms. The predicted molar refractivity (Wildman–Crippen MR) is 482 cm³/mol. The summed E-state index contributed by atoms with van der Waals surface area (Å²) in [4.78, 5) is 119. The second-order valence-electron chi connectivity index (χ2n) is 46.8. The number of aliphatic hydroxyl groups excluding tert-OH is 2. The fourth-order valence-corrected chi connectivity index (χ4v) is 35.5. The molecule has 0 aromatic carbocycles. The molecule has 700 valence electrons. The Balaban J connectivity index is 0.000000186. The van der Waals surface area contributed by atoms with Gasteiger partial charge in [0.05, 0.1) is 36.1 Å². The third-order valence-corrected chi connectivity index (χ3v) is 42.0. The molecule has 0 aromatic heterocycles. The highest BCUT2D eigenvalue weighted by molar-refractivity contribution is 5.88. The number of rotatable bonds is 15. The molecule has 15 fully saturated rings. The van der Waals surface area contributed by atoms with Crippen LogP contribution in [-0.2, 0) is 76.4 Å². The first kappa shape index (κ1) is 101. The minimum atomic E-state index is -0.626. The number of hydrogen-bond acceptors (Lipinski definition) is 18. The summed E-state index contributed by atoms with van der Waals surface area (Å²) >= 11 is 0. The van der Waals surface area contributed by atoms with E-state index in [1.807, 2.05) is 0 Å². The Kier molecular flexibility index (Phi) is 29.0. The Morgan fingerprint density at radius 2 is 0.573 bits per heavy atom. The maximum Gasteiger partial charge on any atom is 0.310 e. The molecular weight excluding hydrogens is 1560 g/mol. The highest BCUT2D eigenvalue weighted by atomic mass is 16.6. The summed E-state index contributed by atoms with van der Waals surface area (Å²) in [6, 6.07) is 0. The first-order chi connectivity index (χ1) is 56.7. The third-order valence-electron chi connectivity index (χ3n) is 42.0. The molecule has 0 heterocycles. The molecular formula is C106H168O18. The van der Waals surface area contributed by atoms with Gasteiger partial charge in [-0.1, -0.05) is 108 Å². The number of carbonyl (C=O) groups is 10. The van der Waals surface area contributed by atoms with Crippen molar-refractivity contribution in [2.24, 2.45) is 170 Å². The molecule has 0 spiro atoms. The van der Waals surface area contributed by atoms with Crippen LogP contribution in [0.3, 0.4) is 0 Å². The van der Waals surface area contributed by atoms with Gasteiger partial charge in [0.2, 0.25) is 0 Å². The smallest absolute Gasteiger partial charge is 0.310 e. The van der Waals surface area contributed by atoms with Crippen molar-refractivity contribution in [2.45, 2.75) is 353 Å². The van der Waals surface area contributed by atoms with E-state index in [1.165, 1.54) is 97.6 Å². The standard InChI is InChI=1S/C34H52O6.C34H52O5.C32H50O4.C4H6O3.2CH4/c1-21(18-35)24-10-15-34(20-40-23(3)37)17-16-32(6)25(29(24)34)8-9-27-30(4)13-12-28(38)31(5,19-39-22(2)36)26(30)11-14-33(27,32)7;1-21(2)24-11-16-34(20-39-23(4)36)18-17-32(7)25(29(24)34)9-10-27-30(5)14-13-28(37)31(6,19-38-22(3)35)26(30)12-15-33(27,32)8;1-20(2)22-10-15-32(18-33)17-16-30(6)23(27(22)32)8-9-25-28(4)13-12-26(35)29(5,19-36-21(3)34)24(28)11-14-31(25,30)7;1-3(5)7-4(2)6;;/h24-27,29,35H,1,8-20H2,2-7H3;24-27,29H,1,9-20H2,2-8H3;22-25,27,33H,1,8-19H2,2-7H3;1-2H3;2*1H4/t2*24-,25+,26+,27+,29+,30-,31+,32+,33+,34+;22-,23+,24+,25+,27+,28-,29+,30+,31+,32+;;;/m000.../s1. The first-order valence-electron chi connectivity index (χ1n) is 47.9. The minimum absolute atomic E-state index is 0. The quantitative estimate of drug-likeness (QED) is 0.0667. The molecule has 0 aromatic rings. The van der Waals surface area contributed by atoms with Crippen molar-refractivity contribution in [2.75, 3.05) is 46.2 Å². The molecule has 0 radical (unpaired) electrons. The zero-order chi connectivity index (χ0) is 90.1. The lowest BCUT2D eigenvalue weighted by Crippen LogP contribution is -2.67. The van der Waals surface area contributed by atoms with Crippen LogP contribution in [-0.4, -0.2) is 116 Å². The molecule has 0 amide bonds. The SMILES string of the molecule is C.C.C=C(C)[C@@H]1CC[C@]2(CO)CC[C@]3(C)[C@H](CC[C@@H]4[C@@]5(C)CCC(=O)[C@](C)(COC(C)=O)[C@@H]5CC[C@]43C)[C@@H]12.C=C(C)[C@@H]1CC[C@]2(COC(C)=O)CC[C@]3(C)[C@H](CC[C@@H]4[C@@]5(C)CCC(=O)[C@](C)(COC(C)=O)[C@@H]5CC[C@]43C)[C@@H]12.C=C(CO)[C@@H]1CC[C@]2(COC(C)=O)CC[C@]3(C)[C@H](CC[C@@H]4[C@@]5(C)CCC(=O)[C@](C)(COC(C)=O)[C@@H]5CC[C@]43C)[C@@H]12.CC(=O)OC(C)=O. The van der Waals surface area contributed by atoms with E-state index in [2.05, 4.69) is 121 Å². The highest BCUT2D eigenvalue weighted by Crippen LogP contribution is 2.82. The van der Waals surface area contributed by atoms with Crippen molar-refractivity contribution >= 4 is 59.1 Å². The largest absolute Gasteiger partial charge is 0.465 e. The number of aliphatic hydroxyl groups is 2. The number of hydrogen-bond donors (Lipinski definition) is 2. The topological polar surface area (TPSA) is 267 Å². The van der Waals surface area contributed by atoms with Crippen molar-refractivity contribution in [1.29, 1.82) is 0 Å². The molecule has 18 heteroatoms. The molecule has 2 N–H and O–H groups in total. The summed E-state index contributed by atoms with van der Waals surface area (Å²) in [5.41, 5.74) is 3.07. The molecule has 15 saturated carbocycles. The van der Waals surface area contributed by atoms with Crippen molar-refractivity contribution < 1.29 is 86.6 Å². The number of esters is 7. The Bertz CT molecular complexity index is 4110. The summed E-state index contributed by atoms with van der Waals surface area (Å²) in [6.45, 7) is 58.5. The normalized spacial score (nSPS) is 46.2. The van der Waals surface area contributed by atoms with Gasteiger partial charge in [-0.15, -0.1) is 0 Å². The van der Waals surface area contributed by atoms with Crippen LogP contribution in [0, 0.1) is 170 Å². The average Bonchev–Trinajstić information content (AvgIpc) is 1.10. The second kappa shape index (κ2) is 35.7. The zero-order valence-corrected chi connectivity index (χ0v) is 79.4. The van der Waals surface area contributed by atoms with Crippen LogP contribution < -0.4 is 0 Å². The maximum atomic E-state index is 13.4. The summed E-state index contributed by atoms with van der Waals surface area (Å²) in [5.74, 6) is 5.13. The number of fused-ring (bicyclic) bond motifs is 21. The van der Waals surface area contributed by atoms with Gasteiger partial charge in [-0.3, -0.25) is 47.9 Å². The minimum Gasteiger partial charge on any atom is -0.465 e. The van der Waals surface area contributed by atoms with Crippen LogP contribution in [0.1, 0.15) is 353 Å². The Morgan fingerprint density at radius 3 is 0.839 bits per heavy atom. The van der Waals surface area contributed by atoms with E-state index in [-0.39, 0.29) is 177 Å². The van der Waals surface area contributed by atoms with Gasteiger partial charge in [0, 0.05) is 85.2 Å². The lowest BCUT2D eigenvalue weighted by Gasteiger charge is -2.72. The van der Waals surface area contributed by atoms with Crippen LogP contribution in [0.2, 0.25) is 0 Å². The van der Waals surface area contributed by atoms with E-state index >= 15 is 0 Å². The molecule has 30 atom stereocenters. The van der Waals surface area contributed by atoms with Crippen LogP contribution in [0.25, 0.3) is 0 Å². The molecule has 15 rings (SSSR count). The highest BCUT2D eigenvalue weighted by Gasteiger charge is 2.76. The Morgan fingerprint density at radius 1 is 0.306 bits per heavy atom. The molecule has 0 unspecified atom stereocenters. The van der Waals surface area contributed by atoms with Crippen molar-refractivity contribution in [3.63, 3.8) is 0 Å². The van der Waals surface area contributed by atoms with Gasteiger partial charge < -0.3 is 38.6 Å². The van der Waals surface area contributed by atoms with Gasteiger partial charge in [-0.2, -0.15) is 0 Å². The lowest BCUT2D eigenvalue weighted by molar-refractivity contribution is -0.240. The summed E-state index contributed by atoms with van der Waals surface area (Å²) < 4.78 is 32.1. The second-order valence-corrected chi connectivity index (χ2v) is 46.8. The Labute approximate surface area is 747 Å². The fraction of sp³-hybridized carbons (Fsp3) is 0.849. The number of carbonyl (C=O) groups excluding carboxylic acids is 10. The maximum absolute atomic E-state index is 13.4. The summed E-state index contributed by atoms with van der Waals surface area (Å²) in [5, 5.41) is 20.8. The van der Waals surface area contributed by atoms with Crippen molar-refractivity contribution in [3.8, 4) is 0 Å². The number of ether oxygens (including phenoxy) is 6. The molecule has 0 aliphatic heterocycles. The average molecular weight is 1730 g/mol. The molecule has 18 nitrogen and oxygen atoms in total. The van der Waals surface area contributed by atoms with E-state index in [4.69, 9.17) is 23.7 Å². The lowest BCUT2D eigenvalue weighted by atomic mass is 9.32. The molecule has 0 bridgehead atoms. The summed E-state index contributed by atoms with van der Waals surface area (Å²) in [7, 11) is 0. The fourth-order valence-electron chi connectivity index (χ4n) is 35.5. The van der Waals surface area contributed by atoms with Gasteiger partial charge in [0.1, 0.15) is 37.2 Å². The molecule has 0 saturated heterocycles. The number of allylic oxidation sites excluding steroid dienone is 2. The van der Waals surface area contributed by atoms with E-state index in [0.29, 0.717) is 104 Å². The van der Waals surface area contributed by atoms with Gasteiger partial charge >= 0.3 is 41.8 Å². The van der Waals surface area contributed by atoms with Crippen LogP contribution in [0.15, 0.2) is 36.5 Å². The van der Waals surface area contributed by atoms with E-state index in [9.17, 15) is 58.2 Å². The van der Waals surface area contributed by atoms with E-state index in [0.717, 1.165) is 134 Å².